The van der Waals surface area contributed by atoms with Crippen molar-refractivity contribution in [3.63, 3.8) is 0 Å². The van der Waals surface area contributed by atoms with Crippen molar-refractivity contribution in [1.82, 2.24) is 4.98 Å². The quantitative estimate of drug-likeness (QED) is 0.735. The van der Waals surface area contributed by atoms with Crippen molar-refractivity contribution in [3.8, 4) is 0 Å². The number of halogens is 2. The summed E-state index contributed by atoms with van der Waals surface area (Å²) in [7, 11) is 0. The van der Waals surface area contributed by atoms with E-state index in [1.165, 1.54) is 36.0 Å². The zero-order chi connectivity index (χ0) is 13.9. The monoisotopic (exact) mass is 305 g/mol. The number of hydrogen-bond acceptors (Lipinski definition) is 1. The molecule has 3 rings (SSSR count). The molecule has 0 aliphatic heterocycles. The van der Waals surface area contributed by atoms with Crippen LogP contribution in [0.3, 0.4) is 0 Å². The average molecular weight is 306 g/mol. The van der Waals surface area contributed by atoms with E-state index in [4.69, 9.17) is 23.2 Å². The van der Waals surface area contributed by atoms with Gasteiger partial charge in [-0.15, -0.1) is 0 Å². The first kappa shape index (κ1) is 13.9. The molecule has 0 amide bonds. The van der Waals surface area contributed by atoms with Gasteiger partial charge >= 0.3 is 0 Å². The number of pyridine rings is 1. The molecule has 0 fully saturated rings. The Morgan fingerprint density at radius 1 is 1.15 bits per heavy atom. The summed E-state index contributed by atoms with van der Waals surface area (Å²) in [5.41, 5.74) is 4.18. The Balaban J connectivity index is 1.71. The maximum Gasteiger partial charge on any atom is 0.0595 e. The maximum absolute atomic E-state index is 6.08. The summed E-state index contributed by atoms with van der Waals surface area (Å²) in [4.78, 5) is 4.24. The van der Waals surface area contributed by atoms with E-state index in [2.05, 4.69) is 17.1 Å². The van der Waals surface area contributed by atoms with Crippen molar-refractivity contribution < 1.29 is 0 Å². The van der Waals surface area contributed by atoms with Gasteiger partial charge in [0, 0.05) is 12.4 Å². The highest BCUT2D eigenvalue weighted by atomic mass is 35.5. The lowest BCUT2D eigenvalue weighted by atomic mass is 9.81. The third kappa shape index (κ3) is 2.99. The van der Waals surface area contributed by atoms with Crippen molar-refractivity contribution in [1.29, 1.82) is 0 Å². The fourth-order valence-corrected chi connectivity index (χ4v) is 3.40. The fourth-order valence-electron chi connectivity index (χ4n) is 3.08. The molecule has 0 spiro atoms. The van der Waals surface area contributed by atoms with E-state index in [9.17, 15) is 0 Å². The second-order valence-electron chi connectivity index (χ2n) is 5.45. The van der Waals surface area contributed by atoms with E-state index in [1.54, 1.807) is 0 Å². The van der Waals surface area contributed by atoms with Crippen LogP contribution in [0.15, 0.2) is 36.7 Å². The lowest BCUT2D eigenvalue weighted by Crippen LogP contribution is -2.11. The molecule has 20 heavy (non-hydrogen) atoms. The van der Waals surface area contributed by atoms with Gasteiger partial charge in [0.2, 0.25) is 0 Å². The lowest BCUT2D eigenvalue weighted by Gasteiger charge is -2.25. The summed E-state index contributed by atoms with van der Waals surface area (Å²) in [6.07, 6.45) is 9.87. The van der Waals surface area contributed by atoms with Crippen LogP contribution in [0.4, 0.5) is 0 Å². The fraction of sp³-hybridized carbons (Fsp3) is 0.353. The molecule has 0 saturated carbocycles. The van der Waals surface area contributed by atoms with E-state index in [1.807, 2.05) is 24.5 Å². The highest BCUT2D eigenvalue weighted by Gasteiger charge is 2.19. The molecule has 0 saturated heterocycles. The molecule has 1 unspecified atom stereocenters. The standard InChI is InChI=1S/C17H17Cl2N/c18-16-7-5-12(10-17(16)19)4-6-13-2-1-3-14-11-20-9-8-15(13)14/h5,7-11,13H,1-4,6H2. The first-order valence-electron chi connectivity index (χ1n) is 7.11. The van der Waals surface area contributed by atoms with Crippen molar-refractivity contribution in [2.45, 2.75) is 38.0 Å². The molecular formula is C17H17Cl2N. The van der Waals surface area contributed by atoms with Crippen molar-refractivity contribution >= 4 is 23.2 Å². The third-order valence-corrected chi connectivity index (χ3v) is 4.88. The number of aryl methyl sites for hydroxylation is 2. The van der Waals surface area contributed by atoms with E-state index in [0.717, 1.165) is 12.8 Å². The number of nitrogens with zero attached hydrogens (tertiary/aromatic N) is 1. The molecule has 2 aromatic rings. The van der Waals surface area contributed by atoms with Crippen LogP contribution in [-0.4, -0.2) is 4.98 Å². The molecule has 1 heterocycles. The van der Waals surface area contributed by atoms with Gasteiger partial charge in [0.25, 0.3) is 0 Å². The Morgan fingerprint density at radius 2 is 2.05 bits per heavy atom. The Hall–Kier alpha value is -1.05. The number of fused-ring (bicyclic) bond motifs is 1. The molecule has 1 aromatic heterocycles. The summed E-state index contributed by atoms with van der Waals surface area (Å²) in [6.45, 7) is 0. The van der Waals surface area contributed by atoms with E-state index in [0.29, 0.717) is 16.0 Å². The van der Waals surface area contributed by atoms with Crippen LogP contribution in [0.1, 0.15) is 41.9 Å². The minimum atomic E-state index is 0.629. The van der Waals surface area contributed by atoms with Crippen molar-refractivity contribution in [2.75, 3.05) is 0 Å². The molecule has 0 radical (unpaired) electrons. The largest absolute Gasteiger partial charge is 0.264 e. The Labute approximate surface area is 129 Å². The van der Waals surface area contributed by atoms with E-state index < -0.39 is 0 Å². The van der Waals surface area contributed by atoms with Gasteiger partial charge in [-0.25, -0.2) is 0 Å². The highest BCUT2D eigenvalue weighted by Crippen LogP contribution is 2.34. The van der Waals surface area contributed by atoms with Gasteiger partial charge < -0.3 is 0 Å². The first-order chi connectivity index (χ1) is 9.74. The van der Waals surface area contributed by atoms with Crippen LogP contribution >= 0.6 is 23.2 Å². The summed E-state index contributed by atoms with van der Waals surface area (Å²) in [5.74, 6) is 0.649. The number of benzene rings is 1. The van der Waals surface area contributed by atoms with E-state index >= 15 is 0 Å². The van der Waals surface area contributed by atoms with Gasteiger partial charge in [-0.1, -0.05) is 29.3 Å². The van der Waals surface area contributed by atoms with Gasteiger partial charge in [-0.05, 0) is 72.9 Å². The van der Waals surface area contributed by atoms with Crippen LogP contribution < -0.4 is 0 Å². The van der Waals surface area contributed by atoms with Gasteiger partial charge in [-0.3, -0.25) is 4.98 Å². The van der Waals surface area contributed by atoms with Gasteiger partial charge in [-0.2, -0.15) is 0 Å². The molecule has 1 aromatic carbocycles. The second kappa shape index (κ2) is 6.15. The van der Waals surface area contributed by atoms with Gasteiger partial charge in [0.05, 0.1) is 10.0 Å². The molecule has 1 nitrogen and oxygen atoms in total. The number of aromatic nitrogens is 1. The lowest BCUT2D eigenvalue weighted by molar-refractivity contribution is 0.519. The number of rotatable bonds is 3. The van der Waals surface area contributed by atoms with Crippen LogP contribution in [0.5, 0.6) is 0 Å². The molecule has 0 N–H and O–H groups in total. The first-order valence-corrected chi connectivity index (χ1v) is 7.86. The minimum absolute atomic E-state index is 0.629. The average Bonchev–Trinajstić information content (AvgIpc) is 2.48. The van der Waals surface area contributed by atoms with Crippen LogP contribution in [-0.2, 0) is 12.8 Å². The maximum atomic E-state index is 6.08. The Bertz CT molecular complexity index is 610. The van der Waals surface area contributed by atoms with Crippen molar-refractivity contribution in [2.24, 2.45) is 0 Å². The second-order valence-corrected chi connectivity index (χ2v) is 6.27. The molecular weight excluding hydrogens is 289 g/mol. The Morgan fingerprint density at radius 3 is 2.90 bits per heavy atom. The highest BCUT2D eigenvalue weighted by molar-refractivity contribution is 6.42. The summed E-state index contributed by atoms with van der Waals surface area (Å²) in [5, 5.41) is 1.28. The molecule has 104 valence electrons. The van der Waals surface area contributed by atoms with Gasteiger partial charge in [0.1, 0.15) is 0 Å². The topological polar surface area (TPSA) is 12.9 Å². The predicted octanol–water partition coefficient (Wildman–Crippen LogP) is 5.44. The molecule has 0 bridgehead atoms. The third-order valence-electron chi connectivity index (χ3n) is 4.15. The van der Waals surface area contributed by atoms with Crippen LogP contribution in [0.25, 0.3) is 0 Å². The summed E-state index contributed by atoms with van der Waals surface area (Å²) >= 11 is 12.0. The smallest absolute Gasteiger partial charge is 0.0595 e. The van der Waals surface area contributed by atoms with Crippen LogP contribution in [0.2, 0.25) is 10.0 Å². The SMILES string of the molecule is Clc1ccc(CCC2CCCc3cnccc32)cc1Cl. The van der Waals surface area contributed by atoms with Crippen LogP contribution in [0, 0.1) is 0 Å². The minimum Gasteiger partial charge on any atom is -0.264 e. The van der Waals surface area contributed by atoms with E-state index in [-0.39, 0.29) is 0 Å². The molecule has 1 atom stereocenters. The predicted molar refractivity (Wildman–Crippen MR) is 84.7 cm³/mol. The Kier molecular flexibility index (Phi) is 4.28. The zero-order valence-corrected chi connectivity index (χ0v) is 12.8. The zero-order valence-electron chi connectivity index (χ0n) is 11.3. The summed E-state index contributed by atoms with van der Waals surface area (Å²) in [6, 6.07) is 8.14. The number of hydrogen-bond donors (Lipinski definition) is 0. The normalized spacial score (nSPS) is 17.8. The molecule has 3 heteroatoms. The summed E-state index contributed by atoms with van der Waals surface area (Å²) < 4.78 is 0. The molecule has 1 aliphatic rings. The molecule has 1 aliphatic carbocycles. The van der Waals surface area contributed by atoms with Crippen molar-refractivity contribution in [3.05, 3.63) is 63.4 Å². The van der Waals surface area contributed by atoms with Gasteiger partial charge in [0.15, 0.2) is 0 Å².